The Hall–Kier alpha value is -4.39. The van der Waals surface area contributed by atoms with Crippen molar-refractivity contribution in [3.63, 3.8) is 0 Å². The fourth-order valence-corrected chi connectivity index (χ4v) is 4.82. The van der Waals surface area contributed by atoms with Crippen molar-refractivity contribution >= 4 is 58.1 Å². The van der Waals surface area contributed by atoms with Crippen LogP contribution in [0.3, 0.4) is 0 Å². The number of imide groups is 2. The number of hydrogen-bond acceptors (Lipinski definition) is 7. The largest absolute Gasteiger partial charge is 0.492 e. The zero-order valence-corrected chi connectivity index (χ0v) is 23.8. The number of anilines is 1. The van der Waals surface area contributed by atoms with Crippen LogP contribution >= 0.6 is 22.6 Å². The van der Waals surface area contributed by atoms with Crippen molar-refractivity contribution in [3.8, 4) is 17.2 Å². The number of carbonyl (C=O) groups is 4. The molecule has 0 bridgehead atoms. The average molecular weight is 653 g/mol. The maximum absolute atomic E-state index is 13.5. The number of rotatable bonds is 7. The minimum absolute atomic E-state index is 0.0218. The Bertz CT molecular complexity index is 1540. The molecule has 0 spiro atoms. The molecule has 10 nitrogen and oxygen atoms in total. The van der Waals surface area contributed by atoms with Crippen molar-refractivity contribution in [2.75, 3.05) is 32.4 Å². The number of ether oxygens (including phenoxy) is 3. The molecule has 0 unspecified atom stereocenters. The molecule has 0 saturated carbocycles. The topological polar surface area (TPSA) is 114 Å². The second kappa shape index (κ2) is 11.4. The molecule has 0 radical (unpaired) electrons. The van der Waals surface area contributed by atoms with Crippen LogP contribution in [0, 0.1) is 3.57 Å². The van der Waals surface area contributed by atoms with Gasteiger partial charge >= 0.3 is 6.03 Å². The number of halogens is 1. The first-order valence-corrected chi connectivity index (χ1v) is 13.3. The molecule has 5 rings (SSSR count). The van der Waals surface area contributed by atoms with E-state index in [1.807, 2.05) is 6.07 Å². The number of amides is 5. The van der Waals surface area contributed by atoms with E-state index in [9.17, 15) is 19.2 Å². The Labute approximate surface area is 243 Å². The first-order valence-electron chi connectivity index (χ1n) is 12.3. The number of carbonyl (C=O) groups excluding carboxylic acids is 4. The number of hydrogen-bond donors (Lipinski definition) is 1. The van der Waals surface area contributed by atoms with Crippen molar-refractivity contribution in [1.82, 2.24) is 10.2 Å². The second-order valence-corrected chi connectivity index (χ2v) is 10.2. The highest BCUT2D eigenvalue weighted by molar-refractivity contribution is 14.1. The zero-order chi connectivity index (χ0) is 28.4. The summed E-state index contributed by atoms with van der Waals surface area (Å²) in [5.74, 6) is -0.715. The van der Waals surface area contributed by atoms with E-state index < -0.39 is 17.8 Å². The summed E-state index contributed by atoms with van der Waals surface area (Å²) in [7, 11) is 3.14. The number of urea groups is 1. The molecule has 0 atom stereocenters. The van der Waals surface area contributed by atoms with E-state index in [0.29, 0.717) is 46.8 Å². The summed E-state index contributed by atoms with van der Waals surface area (Å²) in [5.41, 5.74) is 1.67. The Morgan fingerprint density at radius 1 is 1.10 bits per heavy atom. The summed E-state index contributed by atoms with van der Waals surface area (Å²) in [5, 5.41) is 2.24. The third kappa shape index (κ3) is 5.24. The minimum Gasteiger partial charge on any atom is -0.492 e. The van der Waals surface area contributed by atoms with Gasteiger partial charge in [-0.2, -0.15) is 0 Å². The van der Waals surface area contributed by atoms with E-state index in [1.165, 1.54) is 13.2 Å². The van der Waals surface area contributed by atoms with Gasteiger partial charge in [-0.1, -0.05) is 18.2 Å². The molecule has 5 amide bonds. The van der Waals surface area contributed by atoms with Gasteiger partial charge in [-0.15, -0.1) is 0 Å². The van der Waals surface area contributed by atoms with Crippen molar-refractivity contribution in [2.45, 2.75) is 6.42 Å². The highest BCUT2D eigenvalue weighted by atomic mass is 127. The Kier molecular flexibility index (Phi) is 7.74. The molecule has 1 fully saturated rings. The Balaban J connectivity index is 1.52. The number of barbiturate groups is 1. The van der Waals surface area contributed by atoms with E-state index in [2.05, 4.69) is 27.9 Å². The van der Waals surface area contributed by atoms with Gasteiger partial charge in [0.2, 0.25) is 12.5 Å². The van der Waals surface area contributed by atoms with E-state index in [0.717, 1.165) is 8.47 Å². The van der Waals surface area contributed by atoms with Crippen molar-refractivity contribution in [3.05, 3.63) is 86.5 Å². The summed E-state index contributed by atoms with van der Waals surface area (Å²) in [6.45, 7) is 0.298. The first-order chi connectivity index (χ1) is 19.3. The molecule has 0 aliphatic carbocycles. The number of methoxy groups -OCH3 is 1. The fourth-order valence-electron chi connectivity index (χ4n) is 4.46. The molecule has 2 aliphatic heterocycles. The zero-order valence-electron chi connectivity index (χ0n) is 21.6. The molecular formula is C29H24IN3O7. The standard InChI is InChI=1S/C29H24IN3O7/c1-32(27(35)17-6-4-3-5-7-17)13-12-18-14-23-25(40-16-39-23)24(38-2)21(18)15-22-26(34)31-29(37)33(28(22)36)20-10-8-19(30)9-11-20/h3-11,14-15H,12-13,16H2,1-2H3,(H,31,34,37). The molecule has 204 valence electrons. The summed E-state index contributed by atoms with van der Waals surface area (Å²) in [6.07, 6.45) is 1.73. The highest BCUT2D eigenvalue weighted by Crippen LogP contribution is 2.46. The molecule has 40 heavy (non-hydrogen) atoms. The smallest absolute Gasteiger partial charge is 0.335 e. The van der Waals surface area contributed by atoms with Gasteiger partial charge in [-0.3, -0.25) is 19.7 Å². The van der Waals surface area contributed by atoms with Crippen LogP contribution in [0.4, 0.5) is 10.5 Å². The van der Waals surface area contributed by atoms with Crippen LogP contribution in [0.15, 0.2) is 66.2 Å². The maximum atomic E-state index is 13.5. The third-order valence-electron chi connectivity index (χ3n) is 6.51. The lowest BCUT2D eigenvalue weighted by molar-refractivity contribution is -0.122. The van der Waals surface area contributed by atoms with Crippen LogP contribution in [0.25, 0.3) is 6.08 Å². The summed E-state index contributed by atoms with van der Waals surface area (Å²) < 4.78 is 17.8. The van der Waals surface area contributed by atoms with Gasteiger partial charge in [0.05, 0.1) is 12.8 Å². The molecule has 1 N–H and O–H groups in total. The average Bonchev–Trinajstić information content (AvgIpc) is 3.43. The summed E-state index contributed by atoms with van der Waals surface area (Å²) in [4.78, 5) is 54.5. The normalized spacial score (nSPS) is 15.3. The molecule has 2 aliphatic rings. The van der Waals surface area contributed by atoms with Crippen LogP contribution < -0.4 is 24.4 Å². The first kappa shape index (κ1) is 27.2. The number of nitrogens with zero attached hydrogens (tertiary/aromatic N) is 2. The number of fused-ring (bicyclic) bond motifs is 1. The summed E-state index contributed by atoms with van der Waals surface area (Å²) in [6, 6.07) is 16.6. The van der Waals surface area contributed by atoms with Crippen LogP contribution in [-0.4, -0.2) is 56.1 Å². The van der Waals surface area contributed by atoms with Crippen molar-refractivity contribution in [2.24, 2.45) is 0 Å². The van der Waals surface area contributed by atoms with E-state index in [-0.39, 0.29) is 24.0 Å². The molecule has 3 aromatic carbocycles. The van der Waals surface area contributed by atoms with Crippen LogP contribution in [-0.2, 0) is 16.0 Å². The highest BCUT2D eigenvalue weighted by Gasteiger charge is 2.37. The predicted molar refractivity (Wildman–Crippen MR) is 154 cm³/mol. The predicted octanol–water partition coefficient (Wildman–Crippen LogP) is 4.01. The fraction of sp³-hybridized carbons (Fsp3) is 0.172. The lowest BCUT2D eigenvalue weighted by Crippen LogP contribution is -2.54. The molecule has 2 heterocycles. The summed E-state index contributed by atoms with van der Waals surface area (Å²) >= 11 is 2.12. The number of benzene rings is 3. The second-order valence-electron chi connectivity index (χ2n) is 8.99. The van der Waals surface area contributed by atoms with E-state index >= 15 is 0 Å². The molecule has 11 heteroatoms. The monoisotopic (exact) mass is 653 g/mol. The Morgan fingerprint density at radius 2 is 1.82 bits per heavy atom. The van der Waals surface area contributed by atoms with E-state index in [1.54, 1.807) is 66.5 Å². The SMILES string of the molecule is COc1c(C=C2C(=O)NC(=O)N(c3ccc(I)cc3)C2=O)c(CCN(C)C(=O)c2ccccc2)cc2c1OCO2. The minimum atomic E-state index is -0.840. The Morgan fingerprint density at radius 3 is 2.52 bits per heavy atom. The lowest BCUT2D eigenvalue weighted by Gasteiger charge is -2.27. The van der Waals surface area contributed by atoms with Crippen molar-refractivity contribution < 1.29 is 33.4 Å². The van der Waals surface area contributed by atoms with Gasteiger partial charge in [-0.05, 0) is 83.1 Å². The molecule has 1 saturated heterocycles. The number of nitrogens with one attached hydrogen (secondary N) is 1. The molecule has 0 aromatic heterocycles. The van der Waals surface area contributed by atoms with Crippen LogP contribution in [0.5, 0.6) is 17.2 Å². The van der Waals surface area contributed by atoms with Crippen LogP contribution in [0.1, 0.15) is 21.5 Å². The maximum Gasteiger partial charge on any atom is 0.335 e. The van der Waals surface area contributed by atoms with Gasteiger partial charge in [0.1, 0.15) is 5.57 Å². The van der Waals surface area contributed by atoms with E-state index in [4.69, 9.17) is 14.2 Å². The molecular weight excluding hydrogens is 629 g/mol. The van der Waals surface area contributed by atoms with Crippen molar-refractivity contribution in [1.29, 1.82) is 0 Å². The van der Waals surface area contributed by atoms with Gasteiger partial charge in [0.25, 0.3) is 17.7 Å². The lowest BCUT2D eigenvalue weighted by atomic mass is 9.97. The molecule has 3 aromatic rings. The number of likely N-dealkylation sites (N-methyl/N-ethyl adjacent to an activating group) is 1. The van der Waals surface area contributed by atoms with Gasteiger partial charge in [0, 0.05) is 28.3 Å². The van der Waals surface area contributed by atoms with Gasteiger partial charge in [-0.25, -0.2) is 9.69 Å². The quantitative estimate of drug-likeness (QED) is 0.233. The van der Waals surface area contributed by atoms with Crippen LogP contribution in [0.2, 0.25) is 0 Å². The van der Waals surface area contributed by atoms with Gasteiger partial charge < -0.3 is 19.1 Å². The third-order valence-corrected chi connectivity index (χ3v) is 7.23. The van der Waals surface area contributed by atoms with Gasteiger partial charge in [0.15, 0.2) is 11.5 Å².